The molecule has 1 heterocycles. The lowest BCUT2D eigenvalue weighted by atomic mass is 10.2. The van der Waals surface area contributed by atoms with Crippen molar-refractivity contribution in [2.24, 2.45) is 0 Å². The van der Waals surface area contributed by atoms with E-state index in [1.807, 2.05) is 6.92 Å². The summed E-state index contributed by atoms with van der Waals surface area (Å²) >= 11 is 0.624. The molecule has 30 heavy (non-hydrogen) atoms. The van der Waals surface area contributed by atoms with Crippen molar-refractivity contribution in [3.8, 4) is 5.75 Å². The van der Waals surface area contributed by atoms with Crippen molar-refractivity contribution >= 4 is 23.4 Å². The number of benzene rings is 2. The van der Waals surface area contributed by atoms with Gasteiger partial charge in [0.1, 0.15) is 18.1 Å². The van der Waals surface area contributed by atoms with Crippen molar-refractivity contribution in [1.82, 2.24) is 5.16 Å². The second-order valence-electron chi connectivity index (χ2n) is 6.47. The molecule has 1 amide bonds. The summed E-state index contributed by atoms with van der Waals surface area (Å²) in [4.78, 5) is 13.0. The smallest absolute Gasteiger partial charge is 0.398 e. The Morgan fingerprint density at radius 3 is 2.63 bits per heavy atom. The summed E-state index contributed by atoms with van der Waals surface area (Å²) in [6.45, 7) is 3.84. The average molecular weight is 436 g/mol. The highest BCUT2D eigenvalue weighted by atomic mass is 32.2. The van der Waals surface area contributed by atoms with Gasteiger partial charge in [0, 0.05) is 10.5 Å². The molecule has 1 N–H and O–H groups in total. The van der Waals surface area contributed by atoms with Gasteiger partial charge in [0.15, 0.2) is 0 Å². The molecule has 0 bridgehead atoms. The molecule has 1 aromatic heterocycles. The van der Waals surface area contributed by atoms with Gasteiger partial charge in [-0.25, -0.2) is 0 Å². The first-order chi connectivity index (χ1) is 14.2. The van der Waals surface area contributed by atoms with Crippen molar-refractivity contribution in [3.63, 3.8) is 0 Å². The quantitative estimate of drug-likeness (QED) is 0.476. The van der Waals surface area contributed by atoms with Gasteiger partial charge in [0.25, 0.3) is 5.91 Å². The van der Waals surface area contributed by atoms with Crippen LogP contribution in [0.3, 0.4) is 0 Å². The Bertz CT molecular complexity index is 1010. The normalized spacial score (nSPS) is 11.4. The van der Waals surface area contributed by atoms with Crippen LogP contribution in [-0.4, -0.2) is 23.0 Å². The van der Waals surface area contributed by atoms with E-state index in [2.05, 4.69) is 10.5 Å². The fraction of sp³-hybridized carbons (Fsp3) is 0.238. The summed E-state index contributed by atoms with van der Waals surface area (Å²) in [5.74, 6) is -0.347. The average Bonchev–Trinajstić information content (AvgIpc) is 3.03. The van der Waals surface area contributed by atoms with Gasteiger partial charge in [-0.3, -0.25) is 4.79 Å². The summed E-state index contributed by atoms with van der Waals surface area (Å²) in [6, 6.07) is 12.9. The largest absolute Gasteiger partial charge is 0.489 e. The van der Waals surface area contributed by atoms with Crippen LogP contribution < -0.4 is 10.1 Å². The highest BCUT2D eigenvalue weighted by Crippen LogP contribution is 2.32. The van der Waals surface area contributed by atoms with Crippen LogP contribution in [0.25, 0.3) is 0 Å². The number of rotatable bonds is 7. The van der Waals surface area contributed by atoms with E-state index in [4.69, 9.17) is 9.26 Å². The maximum absolute atomic E-state index is 12.6. The molecule has 9 heteroatoms. The van der Waals surface area contributed by atoms with Gasteiger partial charge in [-0.2, -0.15) is 13.2 Å². The molecule has 2 aromatic carbocycles. The molecule has 5 nitrogen and oxygen atoms in total. The number of nitrogens with zero attached hydrogens (tertiary/aromatic N) is 1. The Balaban J connectivity index is 1.69. The van der Waals surface area contributed by atoms with Gasteiger partial charge in [0.2, 0.25) is 0 Å². The predicted molar refractivity (Wildman–Crippen MR) is 108 cm³/mol. The van der Waals surface area contributed by atoms with Crippen LogP contribution in [0.1, 0.15) is 27.4 Å². The summed E-state index contributed by atoms with van der Waals surface area (Å²) in [7, 11) is 0. The van der Waals surface area contributed by atoms with E-state index < -0.39 is 17.8 Å². The van der Waals surface area contributed by atoms with Crippen LogP contribution in [0.4, 0.5) is 18.9 Å². The van der Waals surface area contributed by atoms with Crippen LogP contribution >= 0.6 is 11.8 Å². The zero-order chi connectivity index (χ0) is 21.7. The number of carbonyl (C=O) groups excluding carboxylic acids is 1. The Labute approximate surface area is 175 Å². The fourth-order valence-corrected chi connectivity index (χ4v) is 3.41. The molecular weight excluding hydrogens is 417 g/mol. The van der Waals surface area contributed by atoms with Crippen molar-refractivity contribution in [2.45, 2.75) is 31.5 Å². The number of amides is 1. The van der Waals surface area contributed by atoms with Crippen LogP contribution in [-0.2, 0) is 6.61 Å². The minimum atomic E-state index is -4.30. The Hall–Kier alpha value is -2.94. The third kappa shape index (κ3) is 5.79. The Morgan fingerprint density at radius 1 is 1.17 bits per heavy atom. The number of ether oxygens (including phenoxy) is 1. The van der Waals surface area contributed by atoms with Crippen molar-refractivity contribution in [1.29, 1.82) is 0 Å². The first-order valence-corrected chi connectivity index (χ1v) is 9.96. The monoisotopic (exact) mass is 436 g/mol. The molecule has 0 aliphatic rings. The Kier molecular flexibility index (Phi) is 6.71. The van der Waals surface area contributed by atoms with Crippen LogP contribution in [0.5, 0.6) is 5.75 Å². The zero-order valence-corrected chi connectivity index (χ0v) is 17.1. The van der Waals surface area contributed by atoms with Gasteiger partial charge in [-0.1, -0.05) is 23.4 Å². The number of nitrogens with one attached hydrogen (secondary N) is 1. The highest BCUT2D eigenvalue weighted by Gasteiger charge is 2.27. The molecule has 0 atom stereocenters. The van der Waals surface area contributed by atoms with E-state index in [1.165, 1.54) is 6.07 Å². The fourth-order valence-electron chi connectivity index (χ4n) is 2.64. The minimum Gasteiger partial charge on any atom is -0.489 e. The lowest BCUT2D eigenvalue weighted by Crippen LogP contribution is -2.14. The van der Waals surface area contributed by atoms with Gasteiger partial charge in [-0.15, -0.1) is 11.8 Å². The second kappa shape index (κ2) is 9.25. The van der Waals surface area contributed by atoms with Crippen LogP contribution in [0.2, 0.25) is 0 Å². The van der Waals surface area contributed by atoms with Gasteiger partial charge in [0.05, 0.1) is 22.7 Å². The predicted octanol–water partition coefficient (Wildman–Crippen LogP) is 5.78. The standard InChI is InChI=1S/C21H19F3N2O3S/c1-13-17(14(2)29-26-13)11-28-16-7-5-6-15(10-16)20(27)25-18-8-3-4-9-19(18)30-12-21(22,23)24/h3-10H,11-12H2,1-2H3,(H,25,27). The minimum absolute atomic E-state index is 0.239. The number of carbonyl (C=O) groups is 1. The number of alkyl halides is 3. The highest BCUT2D eigenvalue weighted by molar-refractivity contribution is 7.99. The molecule has 0 saturated carbocycles. The zero-order valence-electron chi connectivity index (χ0n) is 16.2. The van der Waals surface area contributed by atoms with Gasteiger partial charge in [-0.05, 0) is 44.2 Å². The number of thioether (sulfide) groups is 1. The number of para-hydroxylation sites is 1. The van der Waals surface area contributed by atoms with Crippen molar-refractivity contribution < 1.29 is 27.2 Å². The number of aryl methyl sites for hydroxylation is 2. The molecule has 0 radical (unpaired) electrons. The summed E-state index contributed by atoms with van der Waals surface area (Å²) < 4.78 is 48.5. The summed E-state index contributed by atoms with van der Waals surface area (Å²) in [5, 5.41) is 6.54. The van der Waals surface area contributed by atoms with Crippen LogP contribution in [0, 0.1) is 13.8 Å². The van der Waals surface area contributed by atoms with E-state index in [9.17, 15) is 18.0 Å². The molecule has 0 aliphatic heterocycles. The Morgan fingerprint density at radius 2 is 1.93 bits per heavy atom. The lowest BCUT2D eigenvalue weighted by Gasteiger charge is -2.12. The third-order valence-electron chi connectivity index (χ3n) is 4.19. The molecule has 0 unspecified atom stereocenters. The summed E-state index contributed by atoms with van der Waals surface area (Å²) in [6.07, 6.45) is -4.30. The number of hydrogen-bond acceptors (Lipinski definition) is 5. The molecule has 0 spiro atoms. The SMILES string of the molecule is Cc1noc(C)c1COc1cccc(C(=O)Nc2ccccc2SCC(F)(F)F)c1. The van der Waals surface area contributed by atoms with E-state index in [0.717, 1.165) is 11.3 Å². The van der Waals surface area contributed by atoms with Crippen molar-refractivity contribution in [2.75, 3.05) is 11.1 Å². The third-order valence-corrected chi connectivity index (χ3v) is 5.33. The maximum Gasteiger partial charge on any atom is 0.398 e. The second-order valence-corrected chi connectivity index (χ2v) is 7.49. The molecule has 3 rings (SSSR count). The van der Waals surface area contributed by atoms with E-state index >= 15 is 0 Å². The lowest BCUT2D eigenvalue weighted by molar-refractivity contribution is -0.105. The molecule has 0 fully saturated rings. The van der Waals surface area contributed by atoms with Gasteiger partial charge >= 0.3 is 6.18 Å². The molecule has 3 aromatic rings. The summed E-state index contributed by atoms with van der Waals surface area (Å²) in [5.41, 5.74) is 2.20. The first kappa shape index (κ1) is 21.8. The van der Waals surface area contributed by atoms with Crippen molar-refractivity contribution in [3.05, 3.63) is 71.1 Å². The maximum atomic E-state index is 12.6. The molecule has 0 saturated heterocycles. The molecule has 0 aliphatic carbocycles. The number of hydrogen-bond donors (Lipinski definition) is 1. The van der Waals surface area contributed by atoms with E-state index in [1.54, 1.807) is 49.4 Å². The van der Waals surface area contributed by atoms with Crippen LogP contribution in [0.15, 0.2) is 57.9 Å². The number of halogens is 3. The topological polar surface area (TPSA) is 64.4 Å². The van der Waals surface area contributed by atoms with Gasteiger partial charge < -0.3 is 14.6 Å². The molecular formula is C21H19F3N2O3S. The molecule has 158 valence electrons. The first-order valence-electron chi connectivity index (χ1n) is 8.97. The van der Waals surface area contributed by atoms with E-state index in [0.29, 0.717) is 39.4 Å². The van der Waals surface area contributed by atoms with E-state index in [-0.39, 0.29) is 6.61 Å². The number of aromatic nitrogens is 1. The number of anilines is 1.